The molecule has 0 unspecified atom stereocenters. The van der Waals surface area contributed by atoms with Crippen molar-refractivity contribution in [2.45, 2.75) is 13.0 Å². The van der Waals surface area contributed by atoms with E-state index >= 15 is 0 Å². The van der Waals surface area contributed by atoms with E-state index in [1.807, 2.05) is 17.0 Å². The molecule has 0 amide bonds. The maximum Gasteiger partial charge on any atom is 0.352 e. The molecular formula is C21H18ClFN4O. The van der Waals surface area contributed by atoms with E-state index < -0.39 is 0 Å². The van der Waals surface area contributed by atoms with Crippen LogP contribution in [0.3, 0.4) is 0 Å². The second-order valence-corrected chi connectivity index (χ2v) is 7.06. The fraction of sp³-hybridized carbons (Fsp3) is 0.190. The fourth-order valence-electron chi connectivity index (χ4n) is 3.17. The largest absolute Gasteiger partial charge is 0.352 e. The third-order valence-electron chi connectivity index (χ3n) is 4.73. The van der Waals surface area contributed by atoms with Crippen molar-refractivity contribution in [3.05, 3.63) is 93.4 Å². The predicted molar refractivity (Wildman–Crippen MR) is 108 cm³/mol. The summed E-state index contributed by atoms with van der Waals surface area (Å²) >= 11 is 5.89. The number of benzene rings is 2. The Morgan fingerprint density at radius 2 is 1.82 bits per heavy atom. The quantitative estimate of drug-likeness (QED) is 0.673. The smallest absolute Gasteiger partial charge is 0.337 e. The summed E-state index contributed by atoms with van der Waals surface area (Å²) in [5.74, 6) is 0.182. The van der Waals surface area contributed by atoms with Crippen molar-refractivity contribution >= 4 is 23.1 Å². The van der Waals surface area contributed by atoms with Gasteiger partial charge in [-0.05, 0) is 47.4 Å². The molecule has 0 atom stereocenters. The normalized spacial score (nSPS) is 14.1. The first kappa shape index (κ1) is 18.4. The van der Waals surface area contributed by atoms with Gasteiger partial charge in [0.25, 0.3) is 0 Å². The number of anilines is 1. The first-order valence-electron chi connectivity index (χ1n) is 8.96. The Bertz CT molecular complexity index is 1060. The van der Waals surface area contributed by atoms with Crippen LogP contribution in [0.2, 0.25) is 5.02 Å². The summed E-state index contributed by atoms with van der Waals surface area (Å²) in [6.07, 6.45) is 4.38. The van der Waals surface area contributed by atoms with Crippen molar-refractivity contribution in [3.8, 4) is 0 Å². The standard InChI is InChI=1S/C21H18ClFN4O/c22-18-5-1-15(2-6-18)13-27-14-24-20(25-21(27)28)26-11-9-17(10-12-26)16-3-7-19(23)8-4-16/h1-9,14H,10-13H2. The Morgan fingerprint density at radius 3 is 2.46 bits per heavy atom. The summed E-state index contributed by atoms with van der Waals surface area (Å²) in [5, 5.41) is 0.654. The first-order valence-corrected chi connectivity index (χ1v) is 9.34. The Kier molecular flexibility index (Phi) is 5.21. The molecule has 28 heavy (non-hydrogen) atoms. The number of hydrogen-bond acceptors (Lipinski definition) is 4. The highest BCUT2D eigenvalue weighted by atomic mass is 35.5. The molecule has 0 fully saturated rings. The van der Waals surface area contributed by atoms with Crippen molar-refractivity contribution in [2.24, 2.45) is 0 Å². The van der Waals surface area contributed by atoms with Gasteiger partial charge in [-0.15, -0.1) is 0 Å². The topological polar surface area (TPSA) is 51.0 Å². The first-order chi connectivity index (χ1) is 13.6. The van der Waals surface area contributed by atoms with Crippen LogP contribution in [-0.2, 0) is 6.54 Å². The number of aromatic nitrogens is 3. The molecule has 2 aromatic carbocycles. The number of halogens is 2. The van der Waals surface area contributed by atoms with Crippen LogP contribution in [0.25, 0.3) is 5.57 Å². The second-order valence-electron chi connectivity index (χ2n) is 6.63. The van der Waals surface area contributed by atoms with Gasteiger partial charge in [0.1, 0.15) is 12.1 Å². The number of nitrogens with zero attached hydrogens (tertiary/aromatic N) is 4. The van der Waals surface area contributed by atoms with Crippen molar-refractivity contribution in [3.63, 3.8) is 0 Å². The Hall–Kier alpha value is -2.99. The van der Waals surface area contributed by atoms with Crippen LogP contribution in [0.4, 0.5) is 10.3 Å². The molecule has 0 N–H and O–H groups in total. The Balaban J connectivity index is 1.47. The van der Waals surface area contributed by atoms with Crippen LogP contribution in [0.15, 0.2) is 65.7 Å². The van der Waals surface area contributed by atoms with Gasteiger partial charge in [0.15, 0.2) is 0 Å². The van der Waals surface area contributed by atoms with Crippen LogP contribution < -0.4 is 10.6 Å². The molecule has 0 bridgehead atoms. The molecule has 3 aromatic rings. The molecular weight excluding hydrogens is 379 g/mol. The summed E-state index contributed by atoms with van der Waals surface area (Å²) in [5.41, 5.74) is 2.79. The molecule has 142 valence electrons. The molecule has 0 saturated heterocycles. The highest BCUT2D eigenvalue weighted by Gasteiger charge is 2.16. The minimum absolute atomic E-state index is 0.241. The lowest BCUT2D eigenvalue weighted by atomic mass is 10.00. The van der Waals surface area contributed by atoms with Gasteiger partial charge in [-0.25, -0.2) is 14.2 Å². The molecule has 1 aliphatic rings. The van der Waals surface area contributed by atoms with Crippen molar-refractivity contribution < 1.29 is 4.39 Å². The molecule has 4 rings (SSSR count). The summed E-state index contributed by atoms with van der Waals surface area (Å²) in [6.45, 7) is 1.70. The summed E-state index contributed by atoms with van der Waals surface area (Å²) in [6, 6.07) is 13.8. The fourth-order valence-corrected chi connectivity index (χ4v) is 3.30. The number of hydrogen-bond donors (Lipinski definition) is 0. The zero-order chi connectivity index (χ0) is 19.5. The zero-order valence-electron chi connectivity index (χ0n) is 15.1. The van der Waals surface area contributed by atoms with Gasteiger partial charge in [0.05, 0.1) is 6.54 Å². The lowest BCUT2D eigenvalue weighted by molar-refractivity contribution is 0.627. The van der Waals surface area contributed by atoms with Crippen molar-refractivity contribution in [1.82, 2.24) is 14.5 Å². The van der Waals surface area contributed by atoms with Gasteiger partial charge in [0.2, 0.25) is 5.95 Å². The minimum atomic E-state index is -0.340. The molecule has 0 aliphatic carbocycles. The van der Waals surface area contributed by atoms with E-state index in [-0.39, 0.29) is 11.5 Å². The molecule has 0 spiro atoms. The van der Waals surface area contributed by atoms with Gasteiger partial charge in [0, 0.05) is 18.1 Å². The molecule has 0 saturated carbocycles. The molecule has 1 aliphatic heterocycles. The predicted octanol–water partition coefficient (Wildman–Crippen LogP) is 3.77. The lowest BCUT2D eigenvalue weighted by Gasteiger charge is -2.26. The monoisotopic (exact) mass is 396 g/mol. The maximum absolute atomic E-state index is 13.1. The maximum atomic E-state index is 13.1. The van der Waals surface area contributed by atoms with Crippen molar-refractivity contribution in [1.29, 1.82) is 0 Å². The second kappa shape index (κ2) is 7.94. The average Bonchev–Trinajstić information content (AvgIpc) is 2.72. The van der Waals surface area contributed by atoms with Gasteiger partial charge in [-0.3, -0.25) is 4.57 Å². The summed E-state index contributed by atoms with van der Waals surface area (Å²) in [7, 11) is 0. The minimum Gasteiger partial charge on any atom is -0.337 e. The highest BCUT2D eigenvalue weighted by molar-refractivity contribution is 6.30. The van der Waals surface area contributed by atoms with Crippen molar-refractivity contribution in [2.75, 3.05) is 18.0 Å². The zero-order valence-corrected chi connectivity index (χ0v) is 15.8. The summed E-state index contributed by atoms with van der Waals surface area (Å²) in [4.78, 5) is 22.8. The third kappa shape index (κ3) is 4.12. The number of rotatable bonds is 4. The summed E-state index contributed by atoms with van der Waals surface area (Å²) < 4.78 is 14.6. The average molecular weight is 397 g/mol. The SMILES string of the molecule is O=c1nc(N2CC=C(c3ccc(F)cc3)CC2)ncn1Cc1ccc(Cl)cc1. The van der Waals surface area contributed by atoms with Gasteiger partial charge >= 0.3 is 5.69 Å². The van der Waals surface area contributed by atoms with Gasteiger partial charge in [-0.2, -0.15) is 4.98 Å². The molecule has 7 heteroatoms. The Morgan fingerprint density at radius 1 is 1.07 bits per heavy atom. The van der Waals surface area contributed by atoms with E-state index in [0.717, 1.165) is 23.1 Å². The molecule has 5 nitrogen and oxygen atoms in total. The van der Waals surface area contributed by atoms with Gasteiger partial charge < -0.3 is 4.90 Å². The van der Waals surface area contributed by atoms with Gasteiger partial charge in [-0.1, -0.05) is 41.9 Å². The lowest BCUT2D eigenvalue weighted by Crippen LogP contribution is -2.34. The van der Waals surface area contributed by atoms with Crippen LogP contribution >= 0.6 is 11.6 Å². The third-order valence-corrected chi connectivity index (χ3v) is 4.98. The molecule has 1 aromatic heterocycles. The molecule has 0 radical (unpaired) electrons. The van der Waals surface area contributed by atoms with E-state index in [9.17, 15) is 9.18 Å². The van der Waals surface area contributed by atoms with Crippen LogP contribution in [-0.4, -0.2) is 27.6 Å². The highest BCUT2D eigenvalue weighted by Crippen LogP contribution is 2.23. The van der Waals surface area contributed by atoms with E-state index in [0.29, 0.717) is 30.6 Å². The van der Waals surface area contributed by atoms with E-state index in [1.54, 1.807) is 24.3 Å². The molecule has 2 heterocycles. The van der Waals surface area contributed by atoms with Crippen LogP contribution in [0, 0.1) is 5.82 Å². The van der Waals surface area contributed by atoms with E-state index in [2.05, 4.69) is 16.0 Å². The van der Waals surface area contributed by atoms with E-state index in [1.165, 1.54) is 23.0 Å². The van der Waals surface area contributed by atoms with Crippen LogP contribution in [0.5, 0.6) is 0 Å². The van der Waals surface area contributed by atoms with E-state index in [4.69, 9.17) is 11.6 Å². The van der Waals surface area contributed by atoms with Crippen LogP contribution in [0.1, 0.15) is 17.5 Å². The Labute approximate surface area is 166 Å².